The molecule has 0 amide bonds. The van der Waals surface area contributed by atoms with Crippen molar-refractivity contribution in [2.24, 2.45) is 0 Å². The van der Waals surface area contributed by atoms with Crippen molar-refractivity contribution in [3.05, 3.63) is 83.9 Å². The molecule has 0 saturated carbocycles. The Morgan fingerprint density at radius 3 is 2.38 bits per heavy atom. The van der Waals surface area contributed by atoms with E-state index in [0.29, 0.717) is 5.56 Å². The molecule has 0 radical (unpaired) electrons. The van der Waals surface area contributed by atoms with Gasteiger partial charge in [-0.2, -0.15) is 0 Å². The van der Waals surface area contributed by atoms with Gasteiger partial charge in [-0.3, -0.25) is 4.79 Å². The average Bonchev–Trinajstić information content (AvgIpc) is 3.35. The molecule has 0 bridgehead atoms. The van der Waals surface area contributed by atoms with E-state index in [1.807, 2.05) is 54.6 Å². The minimum atomic E-state index is -0.349. The van der Waals surface area contributed by atoms with Crippen LogP contribution in [-0.4, -0.2) is 11.9 Å². The maximum Gasteiger partial charge on any atom is 0.194 e. The van der Waals surface area contributed by atoms with Crippen molar-refractivity contribution >= 4 is 16.6 Å². The van der Waals surface area contributed by atoms with Crippen molar-refractivity contribution in [3.63, 3.8) is 0 Å². The van der Waals surface area contributed by atoms with Gasteiger partial charge in [0.1, 0.15) is 6.10 Å². The van der Waals surface area contributed by atoms with Crippen LogP contribution in [0.3, 0.4) is 0 Å². The summed E-state index contributed by atoms with van der Waals surface area (Å²) in [6.07, 6.45) is -0.470. The van der Waals surface area contributed by atoms with Crippen LogP contribution in [-0.2, 0) is 4.74 Å². The number of epoxide rings is 1. The molecule has 3 aromatic carbocycles. The van der Waals surface area contributed by atoms with Crippen molar-refractivity contribution in [2.75, 3.05) is 0 Å². The molecule has 4 rings (SSSR count). The Labute approximate surface area is 123 Å². The lowest BCUT2D eigenvalue weighted by atomic mass is 9.98. The highest BCUT2D eigenvalue weighted by Gasteiger charge is 2.46. The molecule has 0 unspecified atom stereocenters. The van der Waals surface area contributed by atoms with Gasteiger partial charge in [-0.25, -0.2) is 0 Å². The number of carbonyl (C=O) groups is 1. The van der Waals surface area contributed by atoms with Crippen LogP contribution >= 0.6 is 0 Å². The third kappa shape index (κ3) is 2.14. The predicted octanol–water partition coefficient (Wildman–Crippen LogP) is 4.16. The average molecular weight is 274 g/mol. The highest BCUT2D eigenvalue weighted by atomic mass is 16.6. The van der Waals surface area contributed by atoms with Gasteiger partial charge in [0, 0.05) is 5.56 Å². The minimum Gasteiger partial charge on any atom is -0.356 e. The molecule has 2 heteroatoms. The van der Waals surface area contributed by atoms with E-state index in [2.05, 4.69) is 18.2 Å². The summed E-state index contributed by atoms with van der Waals surface area (Å²) in [6, 6.07) is 23.7. The van der Waals surface area contributed by atoms with Gasteiger partial charge in [-0.1, -0.05) is 72.8 Å². The van der Waals surface area contributed by atoms with Gasteiger partial charge >= 0.3 is 0 Å². The van der Waals surface area contributed by atoms with E-state index in [0.717, 1.165) is 10.9 Å². The highest BCUT2D eigenvalue weighted by Crippen LogP contribution is 2.43. The molecule has 102 valence electrons. The van der Waals surface area contributed by atoms with E-state index in [9.17, 15) is 4.79 Å². The van der Waals surface area contributed by atoms with Crippen molar-refractivity contribution in [1.82, 2.24) is 0 Å². The van der Waals surface area contributed by atoms with E-state index in [1.54, 1.807) is 0 Å². The monoisotopic (exact) mass is 274 g/mol. The quantitative estimate of drug-likeness (QED) is 0.530. The van der Waals surface area contributed by atoms with Crippen LogP contribution in [0.25, 0.3) is 10.8 Å². The van der Waals surface area contributed by atoms with Crippen LogP contribution in [0.5, 0.6) is 0 Å². The molecule has 0 spiro atoms. The molecule has 1 fully saturated rings. The third-order valence-electron chi connectivity index (χ3n) is 3.94. The largest absolute Gasteiger partial charge is 0.356 e. The molecule has 2 nitrogen and oxygen atoms in total. The normalized spacial score (nSPS) is 20.4. The topological polar surface area (TPSA) is 29.6 Å². The summed E-state index contributed by atoms with van der Waals surface area (Å²) in [7, 11) is 0. The molecule has 0 aromatic heterocycles. The second-order valence-electron chi connectivity index (χ2n) is 5.28. The van der Waals surface area contributed by atoms with E-state index in [-0.39, 0.29) is 18.0 Å². The van der Waals surface area contributed by atoms with Crippen LogP contribution in [0.2, 0.25) is 0 Å². The van der Waals surface area contributed by atoms with Crippen LogP contribution in [0.15, 0.2) is 72.8 Å². The second-order valence-corrected chi connectivity index (χ2v) is 5.28. The van der Waals surface area contributed by atoms with Gasteiger partial charge in [-0.05, 0) is 16.3 Å². The van der Waals surface area contributed by atoms with Gasteiger partial charge in [0.05, 0.1) is 0 Å². The van der Waals surface area contributed by atoms with Gasteiger partial charge in [-0.15, -0.1) is 0 Å². The summed E-state index contributed by atoms with van der Waals surface area (Å²) < 4.78 is 5.68. The molecule has 3 aromatic rings. The lowest BCUT2D eigenvalue weighted by Crippen LogP contribution is -2.07. The SMILES string of the molecule is O=C(c1ccccc1)[C@@H]1O[C@H]1c1cccc2ccccc12. The Hall–Kier alpha value is -2.45. The molecule has 1 aliphatic rings. The molecule has 1 saturated heterocycles. The van der Waals surface area contributed by atoms with Crippen LogP contribution < -0.4 is 0 Å². The zero-order valence-electron chi connectivity index (χ0n) is 11.4. The Balaban J connectivity index is 1.66. The Bertz CT molecular complexity index is 803. The maximum absolute atomic E-state index is 12.4. The number of fused-ring (bicyclic) bond motifs is 1. The van der Waals surface area contributed by atoms with Gasteiger partial charge in [0.15, 0.2) is 11.9 Å². The van der Waals surface area contributed by atoms with Gasteiger partial charge in [0.25, 0.3) is 0 Å². The first-order valence-corrected chi connectivity index (χ1v) is 7.07. The van der Waals surface area contributed by atoms with Crippen molar-refractivity contribution < 1.29 is 9.53 Å². The highest BCUT2D eigenvalue weighted by molar-refractivity contribution is 6.02. The molecule has 1 aliphatic heterocycles. The Kier molecular flexibility index (Phi) is 2.83. The van der Waals surface area contributed by atoms with E-state index >= 15 is 0 Å². The molecule has 1 heterocycles. The zero-order chi connectivity index (χ0) is 14.2. The fourth-order valence-corrected chi connectivity index (χ4v) is 2.81. The Morgan fingerprint density at radius 1 is 0.810 bits per heavy atom. The first-order valence-electron chi connectivity index (χ1n) is 7.07. The lowest BCUT2D eigenvalue weighted by molar-refractivity contribution is 0.0953. The van der Waals surface area contributed by atoms with E-state index in [4.69, 9.17) is 4.74 Å². The second kappa shape index (κ2) is 4.83. The van der Waals surface area contributed by atoms with Gasteiger partial charge < -0.3 is 4.74 Å². The number of ketones is 1. The molecule has 21 heavy (non-hydrogen) atoms. The van der Waals surface area contributed by atoms with E-state index < -0.39 is 0 Å². The molecule has 0 aliphatic carbocycles. The number of benzene rings is 3. The van der Waals surface area contributed by atoms with Crippen molar-refractivity contribution in [1.29, 1.82) is 0 Å². The predicted molar refractivity (Wildman–Crippen MR) is 82.3 cm³/mol. The van der Waals surface area contributed by atoms with Gasteiger partial charge in [0.2, 0.25) is 0 Å². The Morgan fingerprint density at radius 2 is 1.52 bits per heavy atom. The summed E-state index contributed by atoms with van der Waals surface area (Å²) in [6.45, 7) is 0. The summed E-state index contributed by atoms with van der Waals surface area (Å²) in [5.41, 5.74) is 1.81. The number of ether oxygens (including phenoxy) is 1. The number of Topliss-reactive ketones (excluding diaryl/α,β-unsaturated/α-hetero) is 1. The number of rotatable bonds is 3. The number of hydrogen-bond acceptors (Lipinski definition) is 2. The fourth-order valence-electron chi connectivity index (χ4n) is 2.81. The van der Waals surface area contributed by atoms with Crippen LogP contribution in [0.4, 0.5) is 0 Å². The summed E-state index contributed by atoms with van der Waals surface area (Å²) in [5, 5.41) is 2.34. The minimum absolute atomic E-state index is 0.0635. The molecule has 2 atom stereocenters. The molecular weight excluding hydrogens is 260 g/mol. The summed E-state index contributed by atoms with van der Waals surface area (Å²) in [4.78, 5) is 12.4. The summed E-state index contributed by atoms with van der Waals surface area (Å²) >= 11 is 0. The summed E-state index contributed by atoms with van der Waals surface area (Å²) in [5.74, 6) is 0.0635. The zero-order valence-corrected chi connectivity index (χ0v) is 11.4. The standard InChI is InChI=1S/C19H14O2/c20-17(14-8-2-1-3-9-14)19-18(21-19)16-12-6-10-13-7-4-5-11-15(13)16/h1-12,18-19H/t18-,19-/m0/s1. The fraction of sp³-hybridized carbons (Fsp3) is 0.105. The van der Waals surface area contributed by atoms with Crippen LogP contribution in [0.1, 0.15) is 22.0 Å². The number of carbonyl (C=O) groups excluding carboxylic acids is 1. The third-order valence-corrected chi connectivity index (χ3v) is 3.94. The van der Waals surface area contributed by atoms with Crippen molar-refractivity contribution in [2.45, 2.75) is 12.2 Å². The first kappa shape index (κ1) is 12.3. The number of hydrogen-bond donors (Lipinski definition) is 0. The molecule has 0 N–H and O–H groups in total. The first-order chi connectivity index (χ1) is 10.3. The smallest absolute Gasteiger partial charge is 0.194 e. The molecular formula is C19H14O2. The van der Waals surface area contributed by atoms with Crippen LogP contribution in [0, 0.1) is 0 Å². The van der Waals surface area contributed by atoms with Crippen molar-refractivity contribution in [3.8, 4) is 0 Å². The lowest BCUT2D eigenvalue weighted by Gasteiger charge is -2.03. The van der Waals surface area contributed by atoms with E-state index in [1.165, 1.54) is 5.39 Å². The maximum atomic E-state index is 12.4.